The van der Waals surface area contributed by atoms with Gasteiger partial charge in [-0.3, -0.25) is 4.31 Å². The number of nitriles is 1. The molecule has 0 heterocycles. The van der Waals surface area contributed by atoms with E-state index in [-0.39, 0.29) is 11.4 Å². The van der Waals surface area contributed by atoms with Crippen molar-refractivity contribution in [3.8, 4) is 6.07 Å². The van der Waals surface area contributed by atoms with E-state index in [1.807, 2.05) is 54.6 Å². The van der Waals surface area contributed by atoms with Gasteiger partial charge in [0, 0.05) is 0 Å². The number of para-hydroxylation sites is 1. The lowest BCUT2D eigenvalue weighted by molar-refractivity contribution is 0.590. The second kappa shape index (κ2) is 7.20. The Bertz CT molecular complexity index is 977. The minimum absolute atomic E-state index is 0.159. The largest absolute Gasteiger partial charge is 0.264 e. The molecule has 0 aliphatic carbocycles. The molecule has 3 aromatic rings. The van der Waals surface area contributed by atoms with Crippen LogP contribution in [0.2, 0.25) is 0 Å². The van der Waals surface area contributed by atoms with Crippen molar-refractivity contribution in [1.29, 1.82) is 5.26 Å². The van der Waals surface area contributed by atoms with Crippen LogP contribution in [0.15, 0.2) is 89.8 Å². The Kier molecular flexibility index (Phi) is 4.82. The molecule has 0 saturated heterocycles. The molecule has 124 valence electrons. The Hall–Kier alpha value is -3.10. The van der Waals surface area contributed by atoms with Crippen LogP contribution in [0.3, 0.4) is 0 Å². The van der Waals surface area contributed by atoms with Crippen LogP contribution in [0.5, 0.6) is 0 Å². The quantitative estimate of drug-likeness (QED) is 0.701. The third-order valence-corrected chi connectivity index (χ3v) is 5.57. The van der Waals surface area contributed by atoms with Crippen molar-refractivity contribution in [1.82, 2.24) is 0 Å². The molecule has 0 bridgehead atoms. The van der Waals surface area contributed by atoms with Crippen LogP contribution >= 0.6 is 0 Å². The maximum atomic E-state index is 13.2. The molecular formula is C20H16N2O2S. The number of benzene rings is 3. The van der Waals surface area contributed by atoms with Gasteiger partial charge in [0.2, 0.25) is 0 Å². The normalized spacial score (nSPS) is 10.8. The molecule has 0 amide bonds. The van der Waals surface area contributed by atoms with Crippen molar-refractivity contribution in [2.24, 2.45) is 0 Å². The van der Waals surface area contributed by atoms with Gasteiger partial charge in [-0.2, -0.15) is 5.26 Å². The van der Waals surface area contributed by atoms with Gasteiger partial charge >= 0.3 is 0 Å². The SMILES string of the molecule is N#Cc1ccc(S(=O)(=O)N(Cc2ccccc2)c2ccccc2)cc1. The summed E-state index contributed by atoms with van der Waals surface area (Å²) in [5.74, 6) is 0. The molecule has 0 unspecified atom stereocenters. The molecular weight excluding hydrogens is 332 g/mol. The Morgan fingerprint density at radius 1 is 0.800 bits per heavy atom. The monoisotopic (exact) mass is 348 g/mol. The van der Waals surface area contributed by atoms with Crippen molar-refractivity contribution in [2.45, 2.75) is 11.4 Å². The van der Waals surface area contributed by atoms with Crippen molar-refractivity contribution in [3.63, 3.8) is 0 Å². The topological polar surface area (TPSA) is 61.2 Å². The van der Waals surface area contributed by atoms with E-state index in [1.54, 1.807) is 12.1 Å². The highest BCUT2D eigenvalue weighted by Crippen LogP contribution is 2.26. The maximum absolute atomic E-state index is 13.2. The van der Waals surface area contributed by atoms with Crippen LogP contribution in [-0.2, 0) is 16.6 Å². The average molecular weight is 348 g/mol. The first-order valence-electron chi connectivity index (χ1n) is 7.73. The lowest BCUT2D eigenvalue weighted by Gasteiger charge is -2.24. The summed E-state index contributed by atoms with van der Waals surface area (Å²) in [5, 5.41) is 8.90. The first kappa shape index (κ1) is 16.7. The molecule has 0 spiro atoms. The number of sulfonamides is 1. The van der Waals surface area contributed by atoms with Crippen LogP contribution < -0.4 is 4.31 Å². The van der Waals surface area contributed by atoms with Crippen LogP contribution in [0.4, 0.5) is 5.69 Å². The number of anilines is 1. The predicted octanol–water partition coefficient (Wildman–Crippen LogP) is 3.95. The van der Waals surface area contributed by atoms with E-state index in [0.29, 0.717) is 11.3 Å². The summed E-state index contributed by atoms with van der Waals surface area (Å²) in [6.07, 6.45) is 0. The molecule has 0 atom stereocenters. The molecule has 0 aliphatic heterocycles. The lowest BCUT2D eigenvalue weighted by Crippen LogP contribution is -2.30. The van der Waals surface area contributed by atoms with Gasteiger partial charge in [0.1, 0.15) is 0 Å². The fourth-order valence-corrected chi connectivity index (χ4v) is 3.94. The second-order valence-electron chi connectivity index (χ2n) is 5.47. The first-order chi connectivity index (χ1) is 12.1. The molecule has 0 aromatic heterocycles. The van der Waals surface area contributed by atoms with E-state index in [9.17, 15) is 8.42 Å². The van der Waals surface area contributed by atoms with Crippen LogP contribution in [-0.4, -0.2) is 8.42 Å². The van der Waals surface area contributed by atoms with E-state index in [2.05, 4.69) is 0 Å². The van der Waals surface area contributed by atoms with E-state index >= 15 is 0 Å². The summed E-state index contributed by atoms with van der Waals surface area (Å²) in [4.78, 5) is 0.159. The van der Waals surface area contributed by atoms with Gasteiger partial charge in [-0.1, -0.05) is 48.5 Å². The summed E-state index contributed by atoms with van der Waals surface area (Å²) in [6.45, 7) is 0.229. The van der Waals surface area contributed by atoms with Crippen molar-refractivity contribution in [2.75, 3.05) is 4.31 Å². The molecule has 0 aliphatic rings. The molecule has 3 aromatic carbocycles. The highest BCUT2D eigenvalue weighted by atomic mass is 32.2. The third kappa shape index (κ3) is 3.70. The van der Waals surface area contributed by atoms with Crippen molar-refractivity contribution in [3.05, 3.63) is 96.1 Å². The summed E-state index contributed by atoms with van der Waals surface area (Å²) in [6, 6.07) is 26.4. The zero-order valence-corrected chi connectivity index (χ0v) is 14.2. The van der Waals surface area contributed by atoms with Gasteiger partial charge in [-0.05, 0) is 42.0 Å². The Morgan fingerprint density at radius 2 is 1.36 bits per heavy atom. The summed E-state index contributed by atoms with van der Waals surface area (Å²) >= 11 is 0. The standard InChI is InChI=1S/C20H16N2O2S/c21-15-17-11-13-20(14-12-17)25(23,24)22(19-9-5-2-6-10-19)16-18-7-3-1-4-8-18/h1-14H,16H2. The van der Waals surface area contributed by atoms with Gasteiger partial charge < -0.3 is 0 Å². The van der Waals surface area contributed by atoms with E-state index in [0.717, 1.165) is 5.56 Å². The van der Waals surface area contributed by atoms with Crippen LogP contribution in [0.1, 0.15) is 11.1 Å². The third-order valence-electron chi connectivity index (χ3n) is 3.78. The van der Waals surface area contributed by atoms with Gasteiger partial charge in [-0.25, -0.2) is 8.42 Å². The molecule has 4 nitrogen and oxygen atoms in total. The number of hydrogen-bond acceptors (Lipinski definition) is 3. The van der Waals surface area contributed by atoms with E-state index in [1.165, 1.54) is 28.6 Å². The average Bonchev–Trinajstić information content (AvgIpc) is 2.67. The Morgan fingerprint density at radius 3 is 1.92 bits per heavy atom. The Balaban J connectivity index is 2.05. The van der Waals surface area contributed by atoms with E-state index in [4.69, 9.17) is 5.26 Å². The zero-order chi connectivity index (χ0) is 17.7. The second-order valence-corrected chi connectivity index (χ2v) is 7.33. The summed E-state index contributed by atoms with van der Waals surface area (Å²) in [5.41, 5.74) is 1.91. The Labute approximate surface area is 147 Å². The number of nitrogens with zero attached hydrogens (tertiary/aromatic N) is 2. The van der Waals surface area contributed by atoms with Gasteiger partial charge in [-0.15, -0.1) is 0 Å². The number of rotatable bonds is 5. The molecule has 0 saturated carbocycles. The maximum Gasteiger partial charge on any atom is 0.264 e. The molecule has 0 radical (unpaired) electrons. The molecule has 5 heteroatoms. The highest BCUT2D eigenvalue weighted by Gasteiger charge is 2.25. The van der Waals surface area contributed by atoms with Crippen molar-refractivity contribution >= 4 is 15.7 Å². The predicted molar refractivity (Wildman–Crippen MR) is 97.4 cm³/mol. The summed E-state index contributed by atoms with van der Waals surface area (Å²) < 4.78 is 27.7. The minimum atomic E-state index is -3.75. The molecule has 3 rings (SSSR count). The molecule has 25 heavy (non-hydrogen) atoms. The van der Waals surface area contributed by atoms with Crippen LogP contribution in [0, 0.1) is 11.3 Å². The summed E-state index contributed by atoms with van der Waals surface area (Å²) in [7, 11) is -3.75. The molecule has 0 N–H and O–H groups in total. The van der Waals surface area contributed by atoms with Crippen LogP contribution in [0.25, 0.3) is 0 Å². The minimum Gasteiger partial charge on any atom is -0.262 e. The highest BCUT2D eigenvalue weighted by molar-refractivity contribution is 7.92. The van der Waals surface area contributed by atoms with Gasteiger partial charge in [0.05, 0.1) is 28.8 Å². The fourth-order valence-electron chi connectivity index (χ4n) is 2.49. The van der Waals surface area contributed by atoms with Gasteiger partial charge in [0.15, 0.2) is 0 Å². The smallest absolute Gasteiger partial charge is 0.262 e. The van der Waals surface area contributed by atoms with E-state index < -0.39 is 10.0 Å². The fraction of sp³-hybridized carbons (Fsp3) is 0.0500. The molecule has 0 fully saturated rings. The van der Waals surface area contributed by atoms with Crippen molar-refractivity contribution < 1.29 is 8.42 Å². The van der Waals surface area contributed by atoms with Gasteiger partial charge in [0.25, 0.3) is 10.0 Å². The number of hydrogen-bond donors (Lipinski definition) is 0. The lowest BCUT2D eigenvalue weighted by atomic mass is 10.2. The zero-order valence-electron chi connectivity index (χ0n) is 13.4. The first-order valence-corrected chi connectivity index (χ1v) is 9.17.